The van der Waals surface area contributed by atoms with Crippen molar-refractivity contribution in [3.8, 4) is 5.75 Å². The fourth-order valence-corrected chi connectivity index (χ4v) is 3.00. The summed E-state index contributed by atoms with van der Waals surface area (Å²) in [4.78, 5) is 0. The quantitative estimate of drug-likeness (QED) is 0.878. The number of halogens is 1. The summed E-state index contributed by atoms with van der Waals surface area (Å²) in [6, 6.07) is 4.74. The minimum Gasteiger partial charge on any atom is -0.489 e. The van der Waals surface area contributed by atoms with Crippen molar-refractivity contribution in [1.82, 2.24) is 0 Å². The Morgan fingerprint density at radius 3 is 3.18 bits per heavy atom. The molecule has 2 N–H and O–H groups in total. The van der Waals surface area contributed by atoms with Crippen LogP contribution in [0.25, 0.3) is 0 Å². The number of rotatable bonds is 5. The Hall–Kier alpha value is -0.740. The molecular formula is C13H18FNOS. The first-order valence-corrected chi connectivity index (χ1v) is 7.00. The molecule has 0 fully saturated rings. The minimum absolute atomic E-state index is 0.178. The summed E-state index contributed by atoms with van der Waals surface area (Å²) in [5.41, 5.74) is 6.50. The third-order valence-corrected chi connectivity index (χ3v) is 4.27. The van der Waals surface area contributed by atoms with E-state index in [2.05, 4.69) is 6.92 Å². The molecule has 0 bridgehead atoms. The van der Waals surface area contributed by atoms with E-state index < -0.39 is 0 Å². The lowest BCUT2D eigenvalue weighted by Gasteiger charge is -2.14. The van der Waals surface area contributed by atoms with Crippen LogP contribution in [0.2, 0.25) is 0 Å². The fourth-order valence-electron chi connectivity index (χ4n) is 1.97. The van der Waals surface area contributed by atoms with Gasteiger partial charge in [0.05, 0.1) is 0 Å². The van der Waals surface area contributed by atoms with E-state index in [0.717, 1.165) is 36.5 Å². The number of nitrogens with two attached hydrogens (primary N) is 1. The summed E-state index contributed by atoms with van der Waals surface area (Å²) in [5.74, 6) is 1.60. The second-order valence-electron chi connectivity index (χ2n) is 4.42. The molecule has 0 saturated carbocycles. The molecule has 4 heteroatoms. The third kappa shape index (κ3) is 3.36. The van der Waals surface area contributed by atoms with Crippen LogP contribution in [0.4, 0.5) is 4.39 Å². The molecule has 0 radical (unpaired) electrons. The molecule has 0 saturated heterocycles. The maximum atomic E-state index is 13.0. The van der Waals surface area contributed by atoms with Crippen molar-refractivity contribution in [2.45, 2.75) is 31.1 Å². The molecule has 1 heterocycles. The minimum atomic E-state index is -0.183. The predicted molar refractivity (Wildman–Crippen MR) is 70.1 cm³/mol. The summed E-state index contributed by atoms with van der Waals surface area (Å²) in [5, 5.41) is 0.559. The summed E-state index contributed by atoms with van der Waals surface area (Å²) < 4.78 is 18.8. The van der Waals surface area contributed by atoms with E-state index in [0.29, 0.717) is 5.25 Å². The Morgan fingerprint density at radius 1 is 1.59 bits per heavy atom. The molecule has 2 rings (SSSR count). The first-order chi connectivity index (χ1) is 8.19. The van der Waals surface area contributed by atoms with Crippen LogP contribution in [0.1, 0.15) is 18.9 Å². The maximum absolute atomic E-state index is 13.0. The SMILES string of the molecule is CC(CCN)SCC1Cc2cc(F)ccc2O1. The van der Waals surface area contributed by atoms with Gasteiger partial charge in [-0.1, -0.05) is 6.92 Å². The van der Waals surface area contributed by atoms with Crippen molar-refractivity contribution in [2.24, 2.45) is 5.73 Å². The Labute approximate surface area is 106 Å². The van der Waals surface area contributed by atoms with Gasteiger partial charge in [0, 0.05) is 23.0 Å². The summed E-state index contributed by atoms with van der Waals surface area (Å²) in [6.45, 7) is 2.91. The van der Waals surface area contributed by atoms with E-state index in [1.165, 1.54) is 6.07 Å². The summed E-state index contributed by atoms with van der Waals surface area (Å²) >= 11 is 1.87. The van der Waals surface area contributed by atoms with Gasteiger partial charge in [-0.25, -0.2) is 4.39 Å². The van der Waals surface area contributed by atoms with Gasteiger partial charge >= 0.3 is 0 Å². The van der Waals surface area contributed by atoms with Gasteiger partial charge in [0.1, 0.15) is 17.7 Å². The van der Waals surface area contributed by atoms with Crippen LogP contribution in [-0.4, -0.2) is 23.7 Å². The molecule has 1 aromatic carbocycles. The van der Waals surface area contributed by atoms with E-state index in [9.17, 15) is 4.39 Å². The van der Waals surface area contributed by atoms with Crippen molar-refractivity contribution >= 4 is 11.8 Å². The van der Waals surface area contributed by atoms with Crippen molar-refractivity contribution in [3.05, 3.63) is 29.6 Å². The predicted octanol–water partition coefficient (Wildman–Crippen LogP) is 2.60. The number of hydrogen-bond acceptors (Lipinski definition) is 3. The molecule has 1 aliphatic rings. The highest BCUT2D eigenvalue weighted by molar-refractivity contribution is 7.99. The molecule has 0 aliphatic carbocycles. The van der Waals surface area contributed by atoms with E-state index >= 15 is 0 Å². The lowest BCUT2D eigenvalue weighted by atomic mass is 10.1. The molecule has 0 amide bonds. The molecule has 2 unspecified atom stereocenters. The monoisotopic (exact) mass is 255 g/mol. The van der Waals surface area contributed by atoms with Gasteiger partial charge in [0.15, 0.2) is 0 Å². The number of ether oxygens (including phenoxy) is 1. The molecule has 2 nitrogen and oxygen atoms in total. The Morgan fingerprint density at radius 2 is 2.41 bits per heavy atom. The zero-order valence-corrected chi connectivity index (χ0v) is 10.8. The number of thioether (sulfide) groups is 1. The average Bonchev–Trinajstić information content (AvgIpc) is 2.68. The van der Waals surface area contributed by atoms with E-state index in [1.807, 2.05) is 11.8 Å². The highest BCUT2D eigenvalue weighted by atomic mass is 32.2. The number of hydrogen-bond donors (Lipinski definition) is 1. The standard InChI is InChI=1S/C13H18FNOS/c1-9(4-5-15)17-8-12-7-10-6-11(14)2-3-13(10)16-12/h2-3,6,9,12H,4-5,7-8,15H2,1H3. The normalized spacial score (nSPS) is 19.8. The van der Waals surface area contributed by atoms with Gasteiger partial charge in [-0.3, -0.25) is 0 Å². The van der Waals surface area contributed by atoms with Gasteiger partial charge in [-0.15, -0.1) is 0 Å². The zero-order valence-electron chi connectivity index (χ0n) is 9.99. The molecule has 94 valence electrons. The van der Waals surface area contributed by atoms with Crippen LogP contribution in [0.5, 0.6) is 5.75 Å². The average molecular weight is 255 g/mol. The van der Waals surface area contributed by atoms with E-state index in [4.69, 9.17) is 10.5 Å². The maximum Gasteiger partial charge on any atom is 0.123 e. The van der Waals surface area contributed by atoms with Gasteiger partial charge in [0.25, 0.3) is 0 Å². The van der Waals surface area contributed by atoms with Crippen molar-refractivity contribution in [2.75, 3.05) is 12.3 Å². The highest BCUT2D eigenvalue weighted by Gasteiger charge is 2.23. The lowest BCUT2D eigenvalue weighted by molar-refractivity contribution is 0.259. The largest absolute Gasteiger partial charge is 0.489 e. The second kappa shape index (κ2) is 5.74. The van der Waals surface area contributed by atoms with Gasteiger partial charge in [-0.05, 0) is 31.2 Å². The van der Waals surface area contributed by atoms with Gasteiger partial charge in [-0.2, -0.15) is 11.8 Å². The first-order valence-electron chi connectivity index (χ1n) is 5.96. The molecule has 2 atom stereocenters. The van der Waals surface area contributed by atoms with Gasteiger partial charge in [0.2, 0.25) is 0 Å². The van der Waals surface area contributed by atoms with Crippen LogP contribution in [0.3, 0.4) is 0 Å². The fraction of sp³-hybridized carbons (Fsp3) is 0.538. The molecule has 0 spiro atoms. The van der Waals surface area contributed by atoms with Crippen LogP contribution in [0.15, 0.2) is 18.2 Å². The Balaban J connectivity index is 1.84. The van der Waals surface area contributed by atoms with Gasteiger partial charge < -0.3 is 10.5 Å². The number of benzene rings is 1. The Bertz CT molecular complexity index is 386. The lowest BCUT2D eigenvalue weighted by Crippen LogP contribution is -2.18. The van der Waals surface area contributed by atoms with Crippen LogP contribution < -0.4 is 10.5 Å². The first kappa shape index (κ1) is 12.7. The molecule has 17 heavy (non-hydrogen) atoms. The topological polar surface area (TPSA) is 35.2 Å². The van der Waals surface area contributed by atoms with Crippen LogP contribution >= 0.6 is 11.8 Å². The smallest absolute Gasteiger partial charge is 0.123 e. The molecule has 0 aromatic heterocycles. The van der Waals surface area contributed by atoms with Crippen LogP contribution in [-0.2, 0) is 6.42 Å². The second-order valence-corrected chi connectivity index (χ2v) is 5.89. The Kier molecular flexibility index (Phi) is 4.29. The van der Waals surface area contributed by atoms with Crippen molar-refractivity contribution in [1.29, 1.82) is 0 Å². The highest BCUT2D eigenvalue weighted by Crippen LogP contribution is 2.31. The van der Waals surface area contributed by atoms with E-state index in [1.54, 1.807) is 12.1 Å². The van der Waals surface area contributed by atoms with Crippen molar-refractivity contribution < 1.29 is 9.13 Å². The zero-order chi connectivity index (χ0) is 12.3. The van der Waals surface area contributed by atoms with E-state index in [-0.39, 0.29) is 11.9 Å². The molecule has 1 aromatic rings. The number of fused-ring (bicyclic) bond motifs is 1. The summed E-state index contributed by atoms with van der Waals surface area (Å²) in [7, 11) is 0. The van der Waals surface area contributed by atoms with Crippen molar-refractivity contribution in [3.63, 3.8) is 0 Å². The molecular weight excluding hydrogens is 237 g/mol. The molecule has 1 aliphatic heterocycles. The summed E-state index contributed by atoms with van der Waals surface area (Å²) in [6.07, 6.45) is 2.02. The third-order valence-electron chi connectivity index (χ3n) is 2.90. The van der Waals surface area contributed by atoms with Crippen LogP contribution in [0, 0.1) is 5.82 Å².